The summed E-state index contributed by atoms with van der Waals surface area (Å²) < 4.78 is 5.55. The van der Waals surface area contributed by atoms with Crippen molar-refractivity contribution in [1.82, 2.24) is 15.5 Å². The molecule has 2 N–H and O–H groups in total. The van der Waals surface area contributed by atoms with Crippen molar-refractivity contribution in [2.24, 2.45) is 11.3 Å². The summed E-state index contributed by atoms with van der Waals surface area (Å²) in [6, 6.07) is 10.4. The fourth-order valence-corrected chi connectivity index (χ4v) is 4.44. The van der Waals surface area contributed by atoms with Gasteiger partial charge in [-0.25, -0.2) is 4.79 Å². The number of likely N-dealkylation sites (tertiary alicyclic amines) is 1. The summed E-state index contributed by atoms with van der Waals surface area (Å²) in [6.45, 7) is 3.53. The van der Waals surface area contributed by atoms with Crippen molar-refractivity contribution in [3.05, 3.63) is 35.9 Å². The lowest BCUT2D eigenvalue weighted by molar-refractivity contribution is -0.119. The molecule has 3 heterocycles. The molecule has 0 radical (unpaired) electrons. The van der Waals surface area contributed by atoms with Crippen molar-refractivity contribution in [2.75, 3.05) is 32.8 Å². The second-order valence-electron chi connectivity index (χ2n) is 7.48. The Morgan fingerprint density at radius 1 is 1.28 bits per heavy atom. The Kier molecular flexibility index (Phi) is 4.37. The van der Waals surface area contributed by atoms with Crippen molar-refractivity contribution >= 4 is 11.9 Å². The first-order valence-electron chi connectivity index (χ1n) is 9.12. The zero-order chi connectivity index (χ0) is 17.3. The minimum absolute atomic E-state index is 0.0229. The van der Waals surface area contributed by atoms with E-state index in [1.807, 2.05) is 23.1 Å². The highest BCUT2D eigenvalue weighted by Gasteiger charge is 2.55. The zero-order valence-corrected chi connectivity index (χ0v) is 14.4. The van der Waals surface area contributed by atoms with E-state index in [0.717, 1.165) is 32.6 Å². The molecule has 25 heavy (non-hydrogen) atoms. The fourth-order valence-electron chi connectivity index (χ4n) is 4.44. The van der Waals surface area contributed by atoms with E-state index in [0.29, 0.717) is 19.5 Å². The smallest absolute Gasteiger partial charge is 0.317 e. The first-order chi connectivity index (χ1) is 12.2. The molecule has 2 atom stereocenters. The van der Waals surface area contributed by atoms with Gasteiger partial charge in [0.1, 0.15) is 0 Å². The number of rotatable bonds is 3. The maximum atomic E-state index is 12.8. The summed E-state index contributed by atoms with van der Waals surface area (Å²) in [7, 11) is 0. The van der Waals surface area contributed by atoms with Crippen LogP contribution in [0.5, 0.6) is 0 Å². The molecule has 4 rings (SSSR count). The first kappa shape index (κ1) is 16.4. The molecule has 0 aliphatic carbocycles. The van der Waals surface area contributed by atoms with E-state index in [1.165, 1.54) is 5.56 Å². The molecule has 0 bridgehead atoms. The maximum Gasteiger partial charge on any atom is 0.317 e. The topological polar surface area (TPSA) is 70.7 Å². The Morgan fingerprint density at radius 3 is 2.72 bits per heavy atom. The molecule has 0 aromatic heterocycles. The highest BCUT2D eigenvalue weighted by atomic mass is 16.5. The number of ether oxygens (including phenoxy) is 1. The highest BCUT2D eigenvalue weighted by Crippen LogP contribution is 2.54. The van der Waals surface area contributed by atoms with E-state index in [-0.39, 0.29) is 29.3 Å². The zero-order valence-electron chi connectivity index (χ0n) is 14.4. The van der Waals surface area contributed by atoms with Gasteiger partial charge in [-0.15, -0.1) is 0 Å². The van der Waals surface area contributed by atoms with Crippen LogP contribution < -0.4 is 10.6 Å². The minimum atomic E-state index is -0.0229. The van der Waals surface area contributed by atoms with Crippen LogP contribution in [0.4, 0.5) is 4.79 Å². The van der Waals surface area contributed by atoms with Gasteiger partial charge in [0.2, 0.25) is 5.91 Å². The molecule has 3 saturated heterocycles. The molecular weight excluding hydrogens is 318 g/mol. The van der Waals surface area contributed by atoms with E-state index < -0.39 is 0 Å². The Bertz CT molecular complexity index is 643. The summed E-state index contributed by atoms with van der Waals surface area (Å²) in [6.07, 6.45) is 2.50. The van der Waals surface area contributed by atoms with Gasteiger partial charge >= 0.3 is 6.03 Å². The first-order valence-corrected chi connectivity index (χ1v) is 9.12. The van der Waals surface area contributed by atoms with Crippen LogP contribution in [0.2, 0.25) is 0 Å². The molecule has 1 spiro atoms. The lowest BCUT2D eigenvalue weighted by Crippen LogP contribution is -2.64. The van der Waals surface area contributed by atoms with Crippen LogP contribution in [0.25, 0.3) is 0 Å². The monoisotopic (exact) mass is 343 g/mol. The Labute approximate surface area is 147 Å². The number of nitrogens with one attached hydrogen (secondary N) is 2. The second kappa shape index (κ2) is 6.67. The predicted molar refractivity (Wildman–Crippen MR) is 92.9 cm³/mol. The van der Waals surface area contributed by atoms with Crippen LogP contribution >= 0.6 is 0 Å². The third kappa shape index (κ3) is 3.11. The average Bonchev–Trinajstić information content (AvgIpc) is 3.05. The number of benzene rings is 1. The van der Waals surface area contributed by atoms with Crippen molar-refractivity contribution < 1.29 is 14.3 Å². The highest BCUT2D eigenvalue weighted by molar-refractivity contribution is 5.79. The van der Waals surface area contributed by atoms with Gasteiger partial charge in [-0.05, 0) is 18.4 Å². The van der Waals surface area contributed by atoms with E-state index in [1.54, 1.807) is 0 Å². The lowest BCUT2D eigenvalue weighted by Gasteiger charge is -2.59. The van der Waals surface area contributed by atoms with Gasteiger partial charge in [0.15, 0.2) is 0 Å². The molecule has 6 nitrogen and oxygen atoms in total. The van der Waals surface area contributed by atoms with Crippen LogP contribution in [0.1, 0.15) is 30.9 Å². The number of hydrogen-bond donors (Lipinski definition) is 2. The van der Waals surface area contributed by atoms with Crippen molar-refractivity contribution in [3.8, 4) is 0 Å². The van der Waals surface area contributed by atoms with Gasteiger partial charge in [-0.3, -0.25) is 4.79 Å². The summed E-state index contributed by atoms with van der Waals surface area (Å²) >= 11 is 0. The maximum absolute atomic E-state index is 12.8. The van der Waals surface area contributed by atoms with E-state index >= 15 is 0 Å². The third-order valence-corrected chi connectivity index (χ3v) is 5.85. The van der Waals surface area contributed by atoms with E-state index in [4.69, 9.17) is 4.74 Å². The SMILES string of the molecule is O=C1CC(CNC(=O)N2CC3(CCOCC3)C2c2ccccc2)CN1. The molecule has 0 saturated carbocycles. The van der Waals surface area contributed by atoms with E-state index in [9.17, 15) is 9.59 Å². The van der Waals surface area contributed by atoms with Crippen LogP contribution in [0.3, 0.4) is 0 Å². The minimum Gasteiger partial charge on any atom is -0.381 e. The predicted octanol–water partition coefficient (Wildman–Crippen LogP) is 1.69. The fraction of sp³-hybridized carbons (Fsp3) is 0.579. The molecule has 3 fully saturated rings. The molecule has 1 aromatic carbocycles. The van der Waals surface area contributed by atoms with Crippen molar-refractivity contribution in [2.45, 2.75) is 25.3 Å². The molecule has 3 amide bonds. The molecule has 3 aliphatic rings. The van der Waals surface area contributed by atoms with Crippen LogP contribution in [0, 0.1) is 11.3 Å². The summed E-state index contributed by atoms with van der Waals surface area (Å²) in [5.41, 5.74) is 1.34. The van der Waals surface area contributed by atoms with Crippen LogP contribution in [-0.2, 0) is 9.53 Å². The number of amides is 3. The third-order valence-electron chi connectivity index (χ3n) is 5.85. The molecular formula is C19H25N3O3. The number of hydrogen-bond acceptors (Lipinski definition) is 3. The molecule has 134 valence electrons. The Hall–Kier alpha value is -2.08. The largest absolute Gasteiger partial charge is 0.381 e. The quantitative estimate of drug-likeness (QED) is 0.877. The van der Waals surface area contributed by atoms with Gasteiger partial charge in [0.25, 0.3) is 0 Å². The molecule has 2 unspecified atom stereocenters. The lowest BCUT2D eigenvalue weighted by atomic mass is 9.64. The number of carbonyl (C=O) groups excluding carboxylic acids is 2. The average molecular weight is 343 g/mol. The summed E-state index contributed by atoms with van der Waals surface area (Å²) in [5.74, 6) is 0.275. The molecule has 6 heteroatoms. The van der Waals surface area contributed by atoms with Gasteiger partial charge < -0.3 is 20.3 Å². The van der Waals surface area contributed by atoms with Gasteiger partial charge in [-0.2, -0.15) is 0 Å². The normalized spacial score (nSPS) is 27.7. The summed E-state index contributed by atoms with van der Waals surface area (Å²) in [4.78, 5) is 26.0. The van der Waals surface area contributed by atoms with Gasteiger partial charge in [0.05, 0.1) is 6.04 Å². The number of carbonyl (C=O) groups is 2. The van der Waals surface area contributed by atoms with Crippen LogP contribution in [0.15, 0.2) is 30.3 Å². The Morgan fingerprint density at radius 2 is 2.04 bits per heavy atom. The van der Waals surface area contributed by atoms with E-state index in [2.05, 4.69) is 22.8 Å². The van der Waals surface area contributed by atoms with Crippen molar-refractivity contribution in [1.29, 1.82) is 0 Å². The molecule has 3 aliphatic heterocycles. The van der Waals surface area contributed by atoms with Crippen molar-refractivity contribution in [3.63, 3.8) is 0 Å². The molecule has 1 aromatic rings. The number of urea groups is 1. The number of nitrogens with zero attached hydrogens (tertiary/aromatic N) is 1. The Balaban J connectivity index is 1.45. The standard InChI is InChI=1S/C19H25N3O3/c23-16-10-14(11-20-16)12-21-18(24)22-13-19(6-8-25-9-7-19)17(22)15-4-2-1-3-5-15/h1-5,14,17H,6-13H2,(H,20,23)(H,21,24). The van der Waals surface area contributed by atoms with Gasteiger partial charge in [0, 0.05) is 50.6 Å². The summed E-state index contributed by atoms with van der Waals surface area (Å²) in [5, 5.41) is 5.85. The van der Waals surface area contributed by atoms with Crippen LogP contribution in [-0.4, -0.2) is 49.7 Å². The van der Waals surface area contributed by atoms with Gasteiger partial charge in [-0.1, -0.05) is 30.3 Å². The second-order valence-corrected chi connectivity index (χ2v) is 7.48.